The Morgan fingerprint density at radius 2 is 1.65 bits per heavy atom. The van der Waals surface area contributed by atoms with Crippen molar-refractivity contribution in [3.05, 3.63) is 102 Å². The van der Waals surface area contributed by atoms with Crippen molar-refractivity contribution in [2.75, 3.05) is 11.4 Å². The van der Waals surface area contributed by atoms with Gasteiger partial charge in [-0.1, -0.05) is 78.9 Å². The van der Waals surface area contributed by atoms with Crippen LogP contribution < -0.4 is 10.2 Å². The number of benzodiazepines with no additional fused rings is 1. The monoisotopic (exact) mass is 453 g/mol. The summed E-state index contributed by atoms with van der Waals surface area (Å²) in [5.41, 5.74) is 4.12. The van der Waals surface area contributed by atoms with Crippen molar-refractivity contribution in [2.45, 2.75) is 32.0 Å². The van der Waals surface area contributed by atoms with Crippen LogP contribution in [0.1, 0.15) is 42.6 Å². The number of rotatable bonds is 6. The largest absolute Gasteiger partial charge is 0.442 e. The molecule has 2 amide bonds. The maximum atomic E-state index is 13.7. The summed E-state index contributed by atoms with van der Waals surface area (Å²) in [6, 6.07) is 27.0. The molecule has 34 heavy (non-hydrogen) atoms. The Labute approximate surface area is 199 Å². The third-order valence-corrected chi connectivity index (χ3v) is 6.20. The molecule has 0 spiro atoms. The molecule has 1 heterocycles. The highest BCUT2D eigenvalue weighted by molar-refractivity contribution is 6.20. The maximum Gasteiger partial charge on any atom is 0.409 e. The Hall–Kier alpha value is -3.93. The number of carbonyl (C=O) groups excluding carboxylic acids is 2. The molecular weight excluding hydrogens is 426 g/mol. The molecule has 1 fully saturated rings. The van der Waals surface area contributed by atoms with Gasteiger partial charge in [-0.2, -0.15) is 0 Å². The van der Waals surface area contributed by atoms with Gasteiger partial charge < -0.3 is 9.64 Å². The summed E-state index contributed by atoms with van der Waals surface area (Å²) < 4.78 is 5.59. The van der Waals surface area contributed by atoms with Crippen molar-refractivity contribution in [3.63, 3.8) is 0 Å². The first-order valence-corrected chi connectivity index (χ1v) is 11.7. The van der Waals surface area contributed by atoms with Crippen LogP contribution in [0.15, 0.2) is 89.9 Å². The van der Waals surface area contributed by atoms with E-state index in [2.05, 4.69) is 5.32 Å². The lowest BCUT2D eigenvalue weighted by atomic mass is 10.00. The molecule has 1 aliphatic heterocycles. The first-order chi connectivity index (χ1) is 16.6. The SMILES string of the molecule is CC(OC(=O)N[C@@H]1N=C(c2ccccc2)c2ccccc2N(CC2CC2)C1=O)c1ccccc1. The Balaban J connectivity index is 1.48. The summed E-state index contributed by atoms with van der Waals surface area (Å²) in [5.74, 6) is 0.218. The molecule has 1 saturated carbocycles. The van der Waals surface area contributed by atoms with E-state index in [0.29, 0.717) is 18.2 Å². The van der Waals surface area contributed by atoms with Crippen LogP contribution in [-0.4, -0.2) is 30.4 Å². The maximum absolute atomic E-state index is 13.7. The minimum atomic E-state index is -1.09. The first kappa shape index (κ1) is 21.9. The Kier molecular flexibility index (Phi) is 6.12. The highest BCUT2D eigenvalue weighted by atomic mass is 16.6. The van der Waals surface area contributed by atoms with Gasteiger partial charge in [0.05, 0.1) is 11.4 Å². The number of nitrogens with one attached hydrogen (secondary N) is 1. The number of hydrogen-bond acceptors (Lipinski definition) is 4. The zero-order chi connectivity index (χ0) is 23.5. The van der Waals surface area contributed by atoms with Gasteiger partial charge in [0.25, 0.3) is 5.91 Å². The third-order valence-electron chi connectivity index (χ3n) is 6.20. The van der Waals surface area contributed by atoms with Crippen LogP contribution in [0, 0.1) is 5.92 Å². The lowest BCUT2D eigenvalue weighted by Gasteiger charge is -2.25. The van der Waals surface area contributed by atoms with Crippen molar-refractivity contribution in [2.24, 2.45) is 10.9 Å². The first-order valence-electron chi connectivity index (χ1n) is 11.7. The average molecular weight is 454 g/mol. The smallest absolute Gasteiger partial charge is 0.409 e. The molecule has 0 radical (unpaired) electrons. The second-order valence-corrected chi connectivity index (χ2v) is 8.76. The zero-order valence-corrected chi connectivity index (χ0v) is 19.1. The quantitative estimate of drug-likeness (QED) is 0.565. The van der Waals surface area contributed by atoms with Crippen LogP contribution >= 0.6 is 0 Å². The summed E-state index contributed by atoms with van der Waals surface area (Å²) in [6.07, 6.45) is -0.0143. The highest BCUT2D eigenvalue weighted by Gasteiger charge is 2.36. The normalized spacial score (nSPS) is 18.4. The van der Waals surface area contributed by atoms with Gasteiger partial charge >= 0.3 is 6.09 Å². The number of para-hydroxylation sites is 1. The molecule has 1 N–H and O–H groups in total. The number of nitrogens with zero attached hydrogens (tertiary/aromatic N) is 2. The number of fused-ring (bicyclic) bond motifs is 1. The van der Waals surface area contributed by atoms with E-state index in [4.69, 9.17) is 9.73 Å². The van der Waals surface area contributed by atoms with E-state index < -0.39 is 18.4 Å². The fourth-order valence-electron chi connectivity index (χ4n) is 4.19. The fourth-order valence-corrected chi connectivity index (χ4v) is 4.19. The zero-order valence-electron chi connectivity index (χ0n) is 19.1. The summed E-state index contributed by atoms with van der Waals surface area (Å²) in [5, 5.41) is 2.73. The number of amides is 2. The predicted octanol–water partition coefficient (Wildman–Crippen LogP) is 5.09. The minimum absolute atomic E-state index is 0.255. The predicted molar refractivity (Wildman–Crippen MR) is 132 cm³/mol. The molecule has 0 bridgehead atoms. The number of ether oxygens (including phenoxy) is 1. The Morgan fingerprint density at radius 1 is 1.00 bits per heavy atom. The second-order valence-electron chi connectivity index (χ2n) is 8.76. The lowest BCUT2D eigenvalue weighted by molar-refractivity contribution is -0.120. The standard InChI is InChI=1S/C28H27N3O3/c1-19(21-10-4-2-5-11-21)34-28(33)30-26-27(32)31(18-20-16-17-20)24-15-9-8-14-23(24)25(29-26)22-12-6-3-7-13-22/h2-15,19-20,26H,16-18H2,1H3,(H,30,33)/t19?,26-/m0/s1. The van der Waals surface area contributed by atoms with Crippen molar-refractivity contribution in [1.29, 1.82) is 0 Å². The molecule has 172 valence electrons. The topological polar surface area (TPSA) is 71.0 Å². The van der Waals surface area contributed by atoms with Gasteiger partial charge in [0.15, 0.2) is 0 Å². The van der Waals surface area contributed by atoms with E-state index in [9.17, 15) is 9.59 Å². The van der Waals surface area contributed by atoms with Crippen molar-refractivity contribution < 1.29 is 14.3 Å². The van der Waals surface area contributed by atoms with Crippen molar-refractivity contribution in [3.8, 4) is 0 Å². The molecule has 1 unspecified atom stereocenters. The molecule has 2 atom stereocenters. The number of anilines is 1. The molecule has 5 rings (SSSR count). The number of alkyl carbamates (subject to hydrolysis) is 1. The van der Waals surface area contributed by atoms with Crippen LogP contribution in [0.2, 0.25) is 0 Å². The number of hydrogen-bond donors (Lipinski definition) is 1. The van der Waals surface area contributed by atoms with Gasteiger partial charge in [0.2, 0.25) is 6.17 Å². The molecular formula is C28H27N3O3. The molecule has 6 heteroatoms. The summed E-state index contributed by atoms with van der Waals surface area (Å²) in [6.45, 7) is 2.42. The van der Waals surface area contributed by atoms with Gasteiger partial charge in [-0.3, -0.25) is 10.1 Å². The minimum Gasteiger partial charge on any atom is -0.442 e. The Morgan fingerprint density at radius 3 is 2.35 bits per heavy atom. The van der Waals surface area contributed by atoms with Crippen LogP contribution in [0.25, 0.3) is 0 Å². The van der Waals surface area contributed by atoms with E-state index >= 15 is 0 Å². The van der Waals surface area contributed by atoms with E-state index in [-0.39, 0.29) is 5.91 Å². The summed E-state index contributed by atoms with van der Waals surface area (Å²) in [7, 11) is 0. The van der Waals surface area contributed by atoms with E-state index in [0.717, 1.165) is 35.2 Å². The summed E-state index contributed by atoms with van der Waals surface area (Å²) in [4.78, 5) is 33.1. The molecule has 0 saturated heterocycles. The van der Waals surface area contributed by atoms with Crippen molar-refractivity contribution >= 4 is 23.4 Å². The van der Waals surface area contributed by atoms with E-state index in [1.165, 1.54) is 0 Å². The summed E-state index contributed by atoms with van der Waals surface area (Å²) >= 11 is 0. The number of benzene rings is 3. The Bertz CT molecular complexity index is 1210. The van der Waals surface area contributed by atoms with Crippen molar-refractivity contribution in [1.82, 2.24) is 5.32 Å². The highest BCUT2D eigenvalue weighted by Crippen LogP contribution is 2.35. The van der Waals surface area contributed by atoms with Gasteiger partial charge in [-0.05, 0) is 37.3 Å². The molecule has 3 aromatic rings. The molecule has 6 nitrogen and oxygen atoms in total. The van der Waals surface area contributed by atoms with Gasteiger partial charge in [0, 0.05) is 17.7 Å². The van der Waals surface area contributed by atoms with Gasteiger partial charge in [-0.15, -0.1) is 0 Å². The van der Waals surface area contributed by atoms with E-state index in [1.54, 1.807) is 11.8 Å². The number of aliphatic imine (C=N–C) groups is 1. The third kappa shape index (κ3) is 4.71. The number of carbonyl (C=O) groups is 2. The molecule has 0 aromatic heterocycles. The van der Waals surface area contributed by atoms with Gasteiger partial charge in [0.1, 0.15) is 6.10 Å². The fraction of sp³-hybridized carbons (Fsp3) is 0.250. The lowest BCUT2D eigenvalue weighted by Crippen LogP contribution is -2.48. The molecule has 2 aliphatic rings. The second kappa shape index (κ2) is 9.51. The molecule has 3 aromatic carbocycles. The van der Waals surface area contributed by atoms with Crippen LogP contribution in [-0.2, 0) is 9.53 Å². The van der Waals surface area contributed by atoms with E-state index in [1.807, 2.05) is 84.9 Å². The van der Waals surface area contributed by atoms with Gasteiger partial charge in [-0.25, -0.2) is 9.79 Å². The van der Waals surface area contributed by atoms with Crippen LogP contribution in [0.5, 0.6) is 0 Å². The van der Waals surface area contributed by atoms with Crippen LogP contribution in [0.4, 0.5) is 10.5 Å². The van der Waals surface area contributed by atoms with Crippen LogP contribution in [0.3, 0.4) is 0 Å². The molecule has 1 aliphatic carbocycles. The average Bonchev–Trinajstić information content (AvgIpc) is 3.70.